The van der Waals surface area contributed by atoms with Gasteiger partial charge in [-0.1, -0.05) is 41.1 Å². The molecule has 0 aliphatic heterocycles. The fraction of sp³-hybridized carbons (Fsp3) is 0.286. The van der Waals surface area contributed by atoms with Crippen molar-refractivity contribution in [3.63, 3.8) is 0 Å². The minimum absolute atomic E-state index is 0.0530. The maximum absolute atomic E-state index is 13.1. The van der Waals surface area contributed by atoms with E-state index >= 15 is 0 Å². The molecule has 1 N–H and O–H groups in total. The van der Waals surface area contributed by atoms with Crippen molar-refractivity contribution >= 4 is 44.0 Å². The lowest BCUT2D eigenvalue weighted by Gasteiger charge is -2.20. The van der Waals surface area contributed by atoms with Crippen LogP contribution in [0.5, 0.6) is 0 Å². The van der Waals surface area contributed by atoms with E-state index in [1.165, 1.54) is 21.2 Å². The van der Waals surface area contributed by atoms with Crippen molar-refractivity contribution in [1.82, 2.24) is 15.5 Å². The molecule has 3 aromatic rings. The zero-order chi connectivity index (χ0) is 22.0. The number of nitrogens with zero attached hydrogens (tertiary/aromatic N) is 3. The Balaban J connectivity index is 1.40. The lowest BCUT2D eigenvalue weighted by atomic mass is 10.1. The van der Waals surface area contributed by atoms with Crippen molar-refractivity contribution in [1.29, 1.82) is 0 Å². The number of hydrogen-bond donors (Lipinski definition) is 1. The SMILES string of the molecule is Cc1ccc(Cl)cc1C(=O)NCCc1ccc(S(=O)(=O)N(c2nncs2)C2CC2)cc1. The lowest BCUT2D eigenvalue weighted by Crippen LogP contribution is -2.33. The Bertz CT molecular complexity index is 1180. The molecule has 2 aromatic carbocycles. The van der Waals surface area contributed by atoms with Crippen LogP contribution < -0.4 is 9.62 Å². The molecular weight excluding hydrogens is 456 g/mol. The fourth-order valence-electron chi connectivity index (χ4n) is 3.22. The third kappa shape index (κ3) is 4.89. The van der Waals surface area contributed by atoms with Crippen LogP contribution in [0.3, 0.4) is 0 Å². The van der Waals surface area contributed by atoms with Crippen LogP contribution >= 0.6 is 22.9 Å². The van der Waals surface area contributed by atoms with E-state index in [1.54, 1.807) is 36.4 Å². The van der Waals surface area contributed by atoms with Gasteiger partial charge in [-0.15, -0.1) is 10.2 Å². The van der Waals surface area contributed by atoms with Gasteiger partial charge in [0.2, 0.25) is 5.13 Å². The smallest absolute Gasteiger partial charge is 0.266 e. The summed E-state index contributed by atoms with van der Waals surface area (Å²) in [4.78, 5) is 12.6. The van der Waals surface area contributed by atoms with E-state index < -0.39 is 10.0 Å². The topological polar surface area (TPSA) is 92.3 Å². The van der Waals surface area contributed by atoms with Gasteiger partial charge < -0.3 is 5.32 Å². The molecule has 10 heteroatoms. The molecule has 0 saturated heterocycles. The normalized spacial score (nSPS) is 13.7. The van der Waals surface area contributed by atoms with Gasteiger partial charge in [0.05, 0.1) is 4.90 Å². The number of nitrogens with one attached hydrogen (secondary N) is 1. The van der Waals surface area contributed by atoms with E-state index in [4.69, 9.17) is 11.6 Å². The van der Waals surface area contributed by atoms with Crippen LogP contribution in [0.1, 0.15) is 34.3 Å². The van der Waals surface area contributed by atoms with Gasteiger partial charge in [0, 0.05) is 23.2 Å². The molecule has 7 nitrogen and oxygen atoms in total. The highest BCUT2D eigenvalue weighted by atomic mass is 35.5. The van der Waals surface area contributed by atoms with Crippen LogP contribution in [0.25, 0.3) is 0 Å². The number of sulfonamides is 1. The van der Waals surface area contributed by atoms with Crippen molar-refractivity contribution in [2.75, 3.05) is 10.8 Å². The van der Waals surface area contributed by atoms with Gasteiger partial charge in [-0.25, -0.2) is 12.7 Å². The summed E-state index contributed by atoms with van der Waals surface area (Å²) in [6.07, 6.45) is 2.22. The monoisotopic (exact) mass is 476 g/mol. The number of aromatic nitrogens is 2. The number of carbonyl (C=O) groups is 1. The van der Waals surface area contributed by atoms with Gasteiger partial charge in [0.25, 0.3) is 15.9 Å². The van der Waals surface area contributed by atoms with Gasteiger partial charge in [-0.3, -0.25) is 4.79 Å². The third-order valence-electron chi connectivity index (χ3n) is 5.04. The first-order valence-corrected chi connectivity index (χ1v) is 12.5. The summed E-state index contributed by atoms with van der Waals surface area (Å²) < 4.78 is 27.7. The first kappa shape index (κ1) is 21.7. The molecule has 1 aliphatic rings. The van der Waals surface area contributed by atoms with E-state index in [-0.39, 0.29) is 16.8 Å². The molecule has 31 heavy (non-hydrogen) atoms. The first-order valence-electron chi connectivity index (χ1n) is 9.80. The number of aryl methyl sites for hydroxylation is 1. The number of halogens is 1. The molecule has 0 unspecified atom stereocenters. The second kappa shape index (κ2) is 8.94. The van der Waals surface area contributed by atoms with Crippen molar-refractivity contribution in [2.24, 2.45) is 0 Å². The highest BCUT2D eigenvalue weighted by Crippen LogP contribution is 2.37. The summed E-state index contributed by atoms with van der Waals surface area (Å²) in [7, 11) is -3.70. The molecular formula is C21H21ClN4O3S2. The fourth-order valence-corrected chi connectivity index (χ4v) is 5.91. The quantitative estimate of drug-likeness (QED) is 0.533. The number of hydrogen-bond acceptors (Lipinski definition) is 6. The Labute approximate surface area is 190 Å². The maximum Gasteiger partial charge on any atom is 0.266 e. The van der Waals surface area contributed by atoms with Gasteiger partial charge >= 0.3 is 0 Å². The molecule has 1 heterocycles. The minimum Gasteiger partial charge on any atom is -0.352 e. The van der Waals surface area contributed by atoms with E-state index in [0.29, 0.717) is 28.7 Å². The standard InChI is InChI=1S/C21H21ClN4O3S2/c1-14-2-5-16(22)12-19(14)20(27)23-11-10-15-3-8-18(9-4-15)31(28,29)26(17-6-7-17)21-25-24-13-30-21/h2-5,8-9,12-13,17H,6-7,10-11H2,1H3,(H,23,27). The second-order valence-electron chi connectivity index (χ2n) is 7.36. The summed E-state index contributed by atoms with van der Waals surface area (Å²) in [5.41, 5.74) is 3.86. The van der Waals surface area contributed by atoms with Gasteiger partial charge in [-0.2, -0.15) is 0 Å². The minimum atomic E-state index is -3.70. The van der Waals surface area contributed by atoms with Gasteiger partial charge in [-0.05, 0) is 61.6 Å². The van der Waals surface area contributed by atoms with E-state index in [9.17, 15) is 13.2 Å². The number of rotatable bonds is 8. The molecule has 162 valence electrons. The third-order valence-corrected chi connectivity index (χ3v) is 7.94. The largest absolute Gasteiger partial charge is 0.352 e. The Morgan fingerprint density at radius 2 is 1.97 bits per heavy atom. The Hall–Kier alpha value is -2.49. The zero-order valence-corrected chi connectivity index (χ0v) is 19.2. The van der Waals surface area contributed by atoms with Crippen LogP contribution in [0.15, 0.2) is 52.9 Å². The highest BCUT2D eigenvalue weighted by Gasteiger charge is 2.40. The molecule has 0 spiro atoms. The highest BCUT2D eigenvalue weighted by molar-refractivity contribution is 7.93. The number of benzene rings is 2. The van der Waals surface area contributed by atoms with Crippen molar-refractivity contribution in [3.8, 4) is 0 Å². The van der Waals surface area contributed by atoms with Gasteiger partial charge in [0.1, 0.15) is 5.51 Å². The summed E-state index contributed by atoms with van der Waals surface area (Å²) >= 11 is 7.20. The zero-order valence-electron chi connectivity index (χ0n) is 16.8. The van der Waals surface area contributed by atoms with Crippen LogP contribution in [0.2, 0.25) is 5.02 Å². The first-order chi connectivity index (χ1) is 14.9. The Morgan fingerprint density at radius 1 is 1.23 bits per heavy atom. The van der Waals surface area contributed by atoms with Crippen LogP contribution in [-0.2, 0) is 16.4 Å². The van der Waals surface area contributed by atoms with Crippen LogP contribution in [0, 0.1) is 6.92 Å². The number of anilines is 1. The predicted octanol–water partition coefficient (Wildman–Crippen LogP) is 3.83. The van der Waals surface area contributed by atoms with E-state index in [2.05, 4.69) is 15.5 Å². The summed E-state index contributed by atoms with van der Waals surface area (Å²) in [5, 5.41) is 11.5. The van der Waals surface area contributed by atoms with Crippen molar-refractivity contribution in [3.05, 3.63) is 69.7 Å². The number of carbonyl (C=O) groups excluding carboxylic acids is 1. The van der Waals surface area contributed by atoms with Gasteiger partial charge in [0.15, 0.2) is 0 Å². The van der Waals surface area contributed by atoms with E-state index in [0.717, 1.165) is 24.0 Å². The molecule has 0 bridgehead atoms. The molecule has 0 radical (unpaired) electrons. The van der Waals surface area contributed by atoms with Crippen LogP contribution in [-0.4, -0.2) is 37.1 Å². The lowest BCUT2D eigenvalue weighted by molar-refractivity contribution is 0.0953. The maximum atomic E-state index is 13.1. The Kier molecular flexibility index (Phi) is 6.27. The second-order valence-corrected chi connectivity index (χ2v) is 10.4. The van der Waals surface area contributed by atoms with E-state index in [1.807, 2.05) is 13.0 Å². The summed E-state index contributed by atoms with van der Waals surface area (Å²) in [5.74, 6) is -0.184. The average Bonchev–Trinajstić information content (AvgIpc) is 3.43. The molecule has 1 amide bonds. The molecule has 1 aromatic heterocycles. The average molecular weight is 477 g/mol. The molecule has 0 atom stereocenters. The summed E-state index contributed by atoms with van der Waals surface area (Å²) in [6.45, 7) is 2.28. The molecule has 4 rings (SSSR count). The summed E-state index contributed by atoms with van der Waals surface area (Å²) in [6, 6.07) is 11.9. The molecule has 1 aliphatic carbocycles. The Morgan fingerprint density at radius 3 is 2.61 bits per heavy atom. The molecule has 1 saturated carbocycles. The number of amides is 1. The van der Waals surface area contributed by atoms with Crippen molar-refractivity contribution < 1.29 is 13.2 Å². The predicted molar refractivity (Wildman–Crippen MR) is 121 cm³/mol. The van der Waals surface area contributed by atoms with Crippen LogP contribution in [0.4, 0.5) is 5.13 Å². The van der Waals surface area contributed by atoms with Crippen molar-refractivity contribution in [2.45, 2.75) is 37.1 Å². The molecule has 1 fully saturated rings.